The fourth-order valence-corrected chi connectivity index (χ4v) is 3.57. The fourth-order valence-electron chi connectivity index (χ4n) is 3.57. The highest BCUT2D eigenvalue weighted by molar-refractivity contribution is 5.98. The van der Waals surface area contributed by atoms with Crippen LogP contribution >= 0.6 is 0 Å². The van der Waals surface area contributed by atoms with Crippen LogP contribution in [0.4, 0.5) is 5.69 Å². The van der Waals surface area contributed by atoms with Crippen LogP contribution in [0, 0.1) is 0 Å². The average molecular weight is 375 g/mol. The lowest BCUT2D eigenvalue weighted by Crippen LogP contribution is -2.43. The number of nitrogens with one attached hydrogen (secondary N) is 2. The Balaban J connectivity index is 1.68. The third-order valence-electron chi connectivity index (χ3n) is 5.04. The van der Waals surface area contributed by atoms with Gasteiger partial charge in [-0.3, -0.25) is 9.59 Å². The number of hydrogen-bond acceptors (Lipinski definition) is 5. The molecule has 1 atom stereocenters. The van der Waals surface area contributed by atoms with E-state index in [9.17, 15) is 9.59 Å². The number of rotatable bonds is 5. The number of carbonyl (C=O) groups excluding carboxylic acids is 2. The zero-order valence-corrected chi connectivity index (χ0v) is 16.0. The summed E-state index contributed by atoms with van der Waals surface area (Å²) in [6, 6.07) is 5.22. The zero-order chi connectivity index (χ0) is 19.1. The molecule has 0 aromatic heterocycles. The molecule has 7 heteroatoms. The number of anilines is 1. The first kappa shape index (κ1) is 19.6. The normalized spacial score (nSPS) is 20.6. The van der Waals surface area contributed by atoms with Crippen molar-refractivity contribution in [3.63, 3.8) is 0 Å². The minimum Gasteiger partial charge on any atom is -0.495 e. The summed E-state index contributed by atoms with van der Waals surface area (Å²) in [5, 5.41) is 6.15. The standard InChI is InChI=1S/C20H29N3O4/c1-26-18-7-6-15(20(25)23-9-4-2-3-5-10-23)12-17(18)22-19(24)13-16-14-27-11-8-21-16/h6-7,12,16,21H,2-5,8-11,13-14H2,1H3,(H,22,24). The minimum atomic E-state index is -0.129. The second kappa shape index (κ2) is 9.71. The first-order chi connectivity index (χ1) is 13.2. The fraction of sp³-hybridized carbons (Fsp3) is 0.600. The molecule has 2 saturated heterocycles. The molecule has 0 bridgehead atoms. The molecular formula is C20H29N3O4. The van der Waals surface area contributed by atoms with Crippen LogP contribution in [0.5, 0.6) is 5.75 Å². The van der Waals surface area contributed by atoms with Crippen molar-refractivity contribution in [2.45, 2.75) is 38.1 Å². The van der Waals surface area contributed by atoms with Gasteiger partial charge in [-0.2, -0.15) is 0 Å². The SMILES string of the molecule is COc1ccc(C(=O)N2CCCCCC2)cc1NC(=O)CC1COCCN1. The molecule has 2 fully saturated rings. The highest BCUT2D eigenvalue weighted by atomic mass is 16.5. The number of amides is 2. The maximum Gasteiger partial charge on any atom is 0.253 e. The summed E-state index contributed by atoms with van der Waals surface area (Å²) in [5.74, 6) is 0.427. The summed E-state index contributed by atoms with van der Waals surface area (Å²) in [6.07, 6.45) is 4.75. The number of carbonyl (C=O) groups is 2. The lowest BCUT2D eigenvalue weighted by atomic mass is 10.1. The molecule has 148 valence electrons. The van der Waals surface area contributed by atoms with Gasteiger partial charge in [0.05, 0.1) is 26.0 Å². The number of hydrogen-bond donors (Lipinski definition) is 2. The van der Waals surface area contributed by atoms with Gasteiger partial charge in [0.15, 0.2) is 0 Å². The van der Waals surface area contributed by atoms with Crippen LogP contribution in [-0.2, 0) is 9.53 Å². The van der Waals surface area contributed by atoms with Crippen molar-refractivity contribution in [3.8, 4) is 5.75 Å². The van der Waals surface area contributed by atoms with E-state index in [0.717, 1.165) is 32.5 Å². The number of ether oxygens (including phenoxy) is 2. The third-order valence-corrected chi connectivity index (χ3v) is 5.04. The Morgan fingerprint density at radius 1 is 1.26 bits per heavy atom. The summed E-state index contributed by atoms with van der Waals surface area (Å²) in [6.45, 7) is 3.53. The number of methoxy groups -OCH3 is 1. The molecule has 2 aliphatic heterocycles. The molecule has 0 radical (unpaired) electrons. The van der Waals surface area contributed by atoms with E-state index in [2.05, 4.69) is 10.6 Å². The summed E-state index contributed by atoms with van der Waals surface area (Å²) >= 11 is 0. The Labute approximate surface area is 160 Å². The van der Waals surface area contributed by atoms with Crippen LogP contribution in [0.2, 0.25) is 0 Å². The lowest BCUT2D eigenvalue weighted by Gasteiger charge is -2.23. The van der Waals surface area contributed by atoms with E-state index >= 15 is 0 Å². The van der Waals surface area contributed by atoms with Crippen LogP contribution in [0.3, 0.4) is 0 Å². The topological polar surface area (TPSA) is 79.9 Å². The molecule has 3 rings (SSSR count). The van der Waals surface area contributed by atoms with Crippen molar-refractivity contribution in [2.75, 3.05) is 45.3 Å². The van der Waals surface area contributed by atoms with Gasteiger partial charge in [0, 0.05) is 37.7 Å². The molecule has 27 heavy (non-hydrogen) atoms. The van der Waals surface area contributed by atoms with Crippen LogP contribution in [0.1, 0.15) is 42.5 Å². The predicted molar refractivity (Wildman–Crippen MR) is 103 cm³/mol. The van der Waals surface area contributed by atoms with E-state index in [4.69, 9.17) is 9.47 Å². The maximum absolute atomic E-state index is 12.9. The Morgan fingerprint density at radius 2 is 2.04 bits per heavy atom. The highest BCUT2D eigenvalue weighted by Crippen LogP contribution is 2.27. The first-order valence-corrected chi connectivity index (χ1v) is 9.75. The van der Waals surface area contributed by atoms with Crippen molar-refractivity contribution in [3.05, 3.63) is 23.8 Å². The molecule has 2 aliphatic rings. The third kappa shape index (κ3) is 5.43. The number of nitrogens with zero attached hydrogens (tertiary/aromatic N) is 1. The van der Waals surface area contributed by atoms with Gasteiger partial charge >= 0.3 is 0 Å². The van der Waals surface area contributed by atoms with E-state index in [1.807, 2.05) is 4.90 Å². The molecule has 2 amide bonds. The van der Waals surface area contributed by atoms with Crippen LogP contribution in [0.25, 0.3) is 0 Å². The summed E-state index contributed by atoms with van der Waals surface area (Å²) in [7, 11) is 1.55. The van der Waals surface area contributed by atoms with Gasteiger partial charge < -0.3 is 25.0 Å². The average Bonchev–Trinajstić information content (AvgIpc) is 2.97. The van der Waals surface area contributed by atoms with Crippen LogP contribution < -0.4 is 15.4 Å². The highest BCUT2D eigenvalue weighted by Gasteiger charge is 2.21. The van der Waals surface area contributed by atoms with Gasteiger partial charge in [0.25, 0.3) is 5.91 Å². The minimum absolute atomic E-state index is 0.00617. The van der Waals surface area contributed by atoms with Gasteiger partial charge in [0.1, 0.15) is 5.75 Å². The quantitative estimate of drug-likeness (QED) is 0.823. The van der Waals surface area contributed by atoms with E-state index in [0.29, 0.717) is 36.6 Å². The molecule has 7 nitrogen and oxygen atoms in total. The van der Waals surface area contributed by atoms with Gasteiger partial charge in [-0.05, 0) is 31.0 Å². The van der Waals surface area contributed by atoms with Crippen molar-refractivity contribution < 1.29 is 19.1 Å². The molecule has 1 aromatic carbocycles. The smallest absolute Gasteiger partial charge is 0.253 e. The number of morpholine rings is 1. The number of benzene rings is 1. The summed E-state index contributed by atoms with van der Waals surface area (Å²) in [5.41, 5.74) is 1.10. The van der Waals surface area contributed by atoms with Crippen molar-refractivity contribution in [1.29, 1.82) is 0 Å². The largest absolute Gasteiger partial charge is 0.495 e. The first-order valence-electron chi connectivity index (χ1n) is 9.75. The Morgan fingerprint density at radius 3 is 2.70 bits per heavy atom. The van der Waals surface area contributed by atoms with E-state index in [1.54, 1.807) is 25.3 Å². The molecule has 2 heterocycles. The van der Waals surface area contributed by atoms with Gasteiger partial charge in [-0.1, -0.05) is 12.8 Å². The predicted octanol–water partition coefficient (Wildman–Crippen LogP) is 2.03. The molecule has 0 aliphatic carbocycles. The molecular weight excluding hydrogens is 346 g/mol. The van der Waals surface area contributed by atoms with E-state index in [-0.39, 0.29) is 17.9 Å². The monoisotopic (exact) mass is 375 g/mol. The zero-order valence-electron chi connectivity index (χ0n) is 16.0. The summed E-state index contributed by atoms with van der Waals surface area (Å²) in [4.78, 5) is 27.2. The van der Waals surface area contributed by atoms with Crippen molar-refractivity contribution >= 4 is 17.5 Å². The Bertz CT molecular complexity index is 651. The molecule has 0 spiro atoms. The van der Waals surface area contributed by atoms with Gasteiger partial charge in [0.2, 0.25) is 5.91 Å². The second-order valence-corrected chi connectivity index (χ2v) is 7.10. The molecule has 2 N–H and O–H groups in total. The van der Waals surface area contributed by atoms with E-state index in [1.165, 1.54) is 12.8 Å². The molecule has 1 unspecified atom stereocenters. The van der Waals surface area contributed by atoms with Crippen LogP contribution in [-0.4, -0.2) is 62.7 Å². The molecule has 1 aromatic rings. The Kier molecular flexibility index (Phi) is 7.06. The lowest BCUT2D eigenvalue weighted by molar-refractivity contribution is -0.117. The maximum atomic E-state index is 12.9. The van der Waals surface area contributed by atoms with Crippen LogP contribution in [0.15, 0.2) is 18.2 Å². The Hall–Kier alpha value is -2.12. The number of likely N-dealkylation sites (tertiary alicyclic amines) is 1. The van der Waals surface area contributed by atoms with Crippen molar-refractivity contribution in [2.24, 2.45) is 0 Å². The van der Waals surface area contributed by atoms with Gasteiger partial charge in [-0.15, -0.1) is 0 Å². The molecule has 0 saturated carbocycles. The van der Waals surface area contributed by atoms with Gasteiger partial charge in [-0.25, -0.2) is 0 Å². The summed E-state index contributed by atoms with van der Waals surface area (Å²) < 4.78 is 10.7. The van der Waals surface area contributed by atoms with Crippen molar-refractivity contribution in [1.82, 2.24) is 10.2 Å². The second-order valence-electron chi connectivity index (χ2n) is 7.10. The van der Waals surface area contributed by atoms with E-state index < -0.39 is 0 Å².